The molecule has 3 unspecified atom stereocenters. The van der Waals surface area contributed by atoms with Crippen LogP contribution in [-0.2, 0) is 9.84 Å². The molecule has 2 fully saturated rings. The van der Waals surface area contributed by atoms with E-state index in [1.54, 1.807) is 12.1 Å². The van der Waals surface area contributed by atoms with E-state index in [1.807, 2.05) is 4.90 Å². The molecule has 1 aromatic carbocycles. The van der Waals surface area contributed by atoms with Crippen molar-refractivity contribution in [2.24, 2.45) is 17.6 Å². The number of fused-ring (bicyclic) bond motifs is 1. The number of para-hydroxylation sites is 1. The largest absolute Gasteiger partial charge is 0.370 e. The van der Waals surface area contributed by atoms with Crippen LogP contribution in [0.3, 0.4) is 0 Å². The molecule has 1 heterocycles. The van der Waals surface area contributed by atoms with Gasteiger partial charge in [-0.3, -0.25) is 0 Å². The zero-order chi connectivity index (χ0) is 15.9. The molecule has 1 aromatic rings. The molecule has 4 nitrogen and oxygen atoms in total. The normalized spacial score (nSPS) is 28.9. The summed E-state index contributed by atoms with van der Waals surface area (Å²) >= 11 is 0. The molecule has 0 bridgehead atoms. The third kappa shape index (κ3) is 2.60. The van der Waals surface area contributed by atoms with Crippen LogP contribution in [0.4, 0.5) is 14.5 Å². The lowest BCUT2D eigenvalue weighted by atomic mass is 9.78. The summed E-state index contributed by atoms with van der Waals surface area (Å²) < 4.78 is 49.6. The lowest BCUT2D eigenvalue weighted by molar-refractivity contribution is 0.235. The highest BCUT2D eigenvalue weighted by Gasteiger charge is 2.40. The molecule has 2 N–H and O–H groups in total. The molecule has 3 atom stereocenters. The number of hydrogen-bond acceptors (Lipinski definition) is 4. The van der Waals surface area contributed by atoms with E-state index in [0.29, 0.717) is 30.6 Å². The van der Waals surface area contributed by atoms with Crippen molar-refractivity contribution >= 4 is 15.5 Å². The van der Waals surface area contributed by atoms with Crippen molar-refractivity contribution in [3.05, 3.63) is 24.3 Å². The number of hydrogen-bond donors (Lipinski definition) is 1. The Morgan fingerprint density at radius 3 is 2.59 bits per heavy atom. The van der Waals surface area contributed by atoms with Crippen molar-refractivity contribution in [1.29, 1.82) is 0 Å². The van der Waals surface area contributed by atoms with Crippen molar-refractivity contribution in [3.63, 3.8) is 0 Å². The molecule has 122 valence electrons. The van der Waals surface area contributed by atoms with E-state index in [9.17, 15) is 17.2 Å². The van der Waals surface area contributed by atoms with Gasteiger partial charge in [-0.25, -0.2) is 8.42 Å². The van der Waals surface area contributed by atoms with Crippen molar-refractivity contribution in [1.82, 2.24) is 0 Å². The van der Waals surface area contributed by atoms with Crippen molar-refractivity contribution in [2.75, 3.05) is 18.0 Å². The van der Waals surface area contributed by atoms with Gasteiger partial charge in [0.2, 0.25) is 9.84 Å². The number of anilines is 1. The zero-order valence-electron chi connectivity index (χ0n) is 12.2. The lowest BCUT2D eigenvalue weighted by Gasteiger charge is -2.29. The summed E-state index contributed by atoms with van der Waals surface area (Å²) in [5, 5.41) is 0. The summed E-state index contributed by atoms with van der Waals surface area (Å²) in [5.41, 5.74) is 6.55. The molecule has 0 amide bonds. The van der Waals surface area contributed by atoms with Gasteiger partial charge in [-0.1, -0.05) is 18.6 Å². The molecule has 0 aromatic heterocycles. The summed E-state index contributed by atoms with van der Waals surface area (Å²) in [5.74, 6) is -2.66. The smallest absolute Gasteiger partial charge is 0.341 e. The van der Waals surface area contributed by atoms with Gasteiger partial charge in [0.15, 0.2) is 0 Å². The van der Waals surface area contributed by atoms with Gasteiger partial charge in [-0.2, -0.15) is 8.78 Å². The molecular weight excluding hydrogens is 310 g/mol. The topological polar surface area (TPSA) is 63.4 Å². The average molecular weight is 330 g/mol. The molecule has 0 spiro atoms. The van der Waals surface area contributed by atoms with Gasteiger partial charge in [0.1, 0.15) is 0 Å². The number of alkyl halides is 2. The first-order chi connectivity index (χ1) is 10.4. The van der Waals surface area contributed by atoms with E-state index < -0.39 is 15.6 Å². The number of nitrogens with two attached hydrogens (primary N) is 1. The quantitative estimate of drug-likeness (QED) is 0.923. The monoisotopic (exact) mass is 330 g/mol. The van der Waals surface area contributed by atoms with Crippen LogP contribution in [0.5, 0.6) is 0 Å². The fraction of sp³-hybridized carbons (Fsp3) is 0.600. The molecule has 1 saturated heterocycles. The van der Waals surface area contributed by atoms with Crippen LogP contribution in [0, 0.1) is 11.8 Å². The minimum atomic E-state index is -4.60. The first-order valence-electron chi connectivity index (χ1n) is 7.53. The Labute approximate surface area is 129 Å². The first kappa shape index (κ1) is 15.7. The first-order valence-corrected chi connectivity index (χ1v) is 9.07. The summed E-state index contributed by atoms with van der Waals surface area (Å²) in [6.45, 7) is 1.33. The maximum atomic E-state index is 12.9. The number of nitrogens with zero attached hydrogens (tertiary/aromatic N) is 1. The Bertz CT molecular complexity index is 651. The Balaban J connectivity index is 1.94. The molecule has 0 radical (unpaired) electrons. The molecule has 7 heteroatoms. The van der Waals surface area contributed by atoms with Crippen LogP contribution in [0.25, 0.3) is 0 Å². The van der Waals surface area contributed by atoms with Gasteiger partial charge in [-0.15, -0.1) is 0 Å². The van der Waals surface area contributed by atoms with E-state index in [0.717, 1.165) is 19.3 Å². The fourth-order valence-electron chi connectivity index (χ4n) is 3.77. The average Bonchev–Trinajstić information content (AvgIpc) is 2.92. The number of rotatable bonds is 3. The zero-order valence-corrected chi connectivity index (χ0v) is 13.0. The van der Waals surface area contributed by atoms with Crippen molar-refractivity contribution in [2.45, 2.75) is 36.0 Å². The predicted octanol–water partition coefficient (Wildman–Crippen LogP) is 2.25. The Hall–Kier alpha value is -1.21. The Morgan fingerprint density at radius 1 is 1.18 bits per heavy atom. The number of halogens is 2. The van der Waals surface area contributed by atoms with E-state index in [1.165, 1.54) is 12.1 Å². The Morgan fingerprint density at radius 2 is 1.91 bits per heavy atom. The molecule has 2 aliphatic rings. The summed E-state index contributed by atoms with van der Waals surface area (Å²) in [4.78, 5) is 1.63. The van der Waals surface area contributed by atoms with Crippen molar-refractivity contribution in [3.8, 4) is 0 Å². The van der Waals surface area contributed by atoms with Gasteiger partial charge >= 0.3 is 5.76 Å². The van der Waals surface area contributed by atoms with Crippen LogP contribution < -0.4 is 10.6 Å². The summed E-state index contributed by atoms with van der Waals surface area (Å²) in [6, 6.07) is 6.15. The highest BCUT2D eigenvalue weighted by molar-refractivity contribution is 7.91. The highest BCUT2D eigenvalue weighted by atomic mass is 32.2. The molecule has 22 heavy (non-hydrogen) atoms. The third-order valence-corrected chi connectivity index (χ3v) is 6.33. The van der Waals surface area contributed by atoms with E-state index in [2.05, 4.69) is 0 Å². The fourth-order valence-corrected chi connectivity index (χ4v) is 4.72. The van der Waals surface area contributed by atoms with E-state index in [4.69, 9.17) is 5.73 Å². The summed E-state index contributed by atoms with van der Waals surface area (Å²) in [6.07, 6.45) is 3.12. The maximum absolute atomic E-state index is 12.9. The standard InChI is InChI=1S/C15H20F2N2O2S/c16-15(17)22(20,21)14-7-2-1-6-13(14)19-8-10-4-3-5-12(18)11(10)9-19/h1-2,6-7,10-12,15H,3-5,8-9,18H2. The molecular formula is C15H20F2N2O2S. The second-order valence-corrected chi connectivity index (χ2v) is 8.08. The second kappa shape index (κ2) is 5.77. The predicted molar refractivity (Wildman–Crippen MR) is 80.7 cm³/mol. The molecule has 1 aliphatic carbocycles. The van der Waals surface area contributed by atoms with Gasteiger partial charge in [0, 0.05) is 19.1 Å². The number of benzene rings is 1. The molecule has 1 saturated carbocycles. The van der Waals surface area contributed by atoms with Crippen LogP contribution in [0.1, 0.15) is 19.3 Å². The van der Waals surface area contributed by atoms with Crippen LogP contribution >= 0.6 is 0 Å². The molecule has 3 rings (SSSR count). The minimum absolute atomic E-state index is 0.114. The molecule has 1 aliphatic heterocycles. The van der Waals surface area contributed by atoms with Crippen LogP contribution in [0.15, 0.2) is 29.2 Å². The van der Waals surface area contributed by atoms with Gasteiger partial charge in [0.05, 0.1) is 10.6 Å². The number of sulfone groups is 1. The van der Waals surface area contributed by atoms with Gasteiger partial charge in [-0.05, 0) is 36.8 Å². The minimum Gasteiger partial charge on any atom is -0.370 e. The van der Waals surface area contributed by atoms with Gasteiger partial charge < -0.3 is 10.6 Å². The SMILES string of the molecule is NC1CCCC2CN(c3ccccc3S(=O)(=O)C(F)F)CC12. The second-order valence-electron chi connectivity index (χ2n) is 6.20. The Kier molecular flexibility index (Phi) is 4.11. The third-order valence-electron chi connectivity index (χ3n) is 4.90. The van der Waals surface area contributed by atoms with E-state index >= 15 is 0 Å². The highest BCUT2D eigenvalue weighted by Crippen LogP contribution is 2.39. The van der Waals surface area contributed by atoms with Gasteiger partial charge in [0.25, 0.3) is 0 Å². The summed E-state index contributed by atoms with van der Waals surface area (Å²) in [7, 11) is -4.60. The van der Waals surface area contributed by atoms with E-state index in [-0.39, 0.29) is 10.9 Å². The van der Waals surface area contributed by atoms with Crippen LogP contribution in [0.2, 0.25) is 0 Å². The van der Waals surface area contributed by atoms with Crippen LogP contribution in [-0.4, -0.2) is 33.3 Å². The lowest BCUT2D eigenvalue weighted by Crippen LogP contribution is -2.38. The van der Waals surface area contributed by atoms with Crippen molar-refractivity contribution < 1.29 is 17.2 Å². The maximum Gasteiger partial charge on any atom is 0.341 e.